The molecule has 1 aliphatic rings. The van der Waals surface area contributed by atoms with Gasteiger partial charge in [0.05, 0.1) is 0 Å². The van der Waals surface area contributed by atoms with Crippen LogP contribution in [0.15, 0.2) is 54.6 Å². The van der Waals surface area contributed by atoms with E-state index in [-0.39, 0.29) is 12.2 Å². The third-order valence-electron chi connectivity index (χ3n) is 5.18. The fourth-order valence-corrected chi connectivity index (χ4v) is 3.46. The molecule has 0 bridgehead atoms. The molecule has 6 heteroatoms. The van der Waals surface area contributed by atoms with Gasteiger partial charge < -0.3 is 0 Å². The Kier molecular flexibility index (Phi) is 5.40. The standard InChI is InChI=1S/C22H22N2O4/c1-14-9-11-15(12-10-14)17(13-18(25)16-7-5-4-6-8-16)19-20(26)23(2)22(28)24(3)21(19)27/h4-12,17,19H,13H2,1-3H3. The second-order valence-corrected chi connectivity index (χ2v) is 7.07. The summed E-state index contributed by atoms with van der Waals surface area (Å²) in [4.78, 5) is 52.5. The maximum absolute atomic E-state index is 12.9. The van der Waals surface area contributed by atoms with E-state index in [1.54, 1.807) is 24.3 Å². The van der Waals surface area contributed by atoms with Crippen molar-refractivity contribution in [2.75, 3.05) is 14.1 Å². The minimum atomic E-state index is -1.12. The maximum atomic E-state index is 12.9. The number of amides is 4. The first-order valence-corrected chi connectivity index (χ1v) is 9.05. The van der Waals surface area contributed by atoms with Gasteiger partial charge in [-0.1, -0.05) is 60.2 Å². The first kappa shape index (κ1) is 19.5. The van der Waals surface area contributed by atoms with Crippen molar-refractivity contribution >= 4 is 23.6 Å². The molecule has 1 heterocycles. The van der Waals surface area contributed by atoms with Crippen LogP contribution in [0.25, 0.3) is 0 Å². The second kappa shape index (κ2) is 7.76. The van der Waals surface area contributed by atoms with Crippen LogP contribution >= 0.6 is 0 Å². The molecule has 28 heavy (non-hydrogen) atoms. The first-order chi connectivity index (χ1) is 13.3. The Morgan fingerprint density at radius 3 is 1.96 bits per heavy atom. The Morgan fingerprint density at radius 2 is 1.43 bits per heavy atom. The zero-order valence-electron chi connectivity index (χ0n) is 16.1. The van der Waals surface area contributed by atoms with E-state index in [0.29, 0.717) is 5.56 Å². The molecule has 0 saturated carbocycles. The lowest BCUT2D eigenvalue weighted by Gasteiger charge is -2.36. The third-order valence-corrected chi connectivity index (χ3v) is 5.18. The number of benzene rings is 2. The van der Waals surface area contributed by atoms with Crippen molar-refractivity contribution in [2.45, 2.75) is 19.3 Å². The molecule has 2 aromatic rings. The van der Waals surface area contributed by atoms with Crippen LogP contribution < -0.4 is 0 Å². The van der Waals surface area contributed by atoms with E-state index in [9.17, 15) is 19.2 Å². The minimum Gasteiger partial charge on any atom is -0.294 e. The number of hydrogen-bond acceptors (Lipinski definition) is 4. The molecule has 0 spiro atoms. The number of ketones is 1. The lowest BCUT2D eigenvalue weighted by atomic mass is 9.79. The Labute approximate surface area is 163 Å². The highest BCUT2D eigenvalue weighted by Crippen LogP contribution is 2.34. The van der Waals surface area contributed by atoms with E-state index in [2.05, 4.69) is 0 Å². The second-order valence-electron chi connectivity index (χ2n) is 7.07. The van der Waals surface area contributed by atoms with Gasteiger partial charge in [-0.05, 0) is 12.5 Å². The Balaban J connectivity index is 2.02. The van der Waals surface area contributed by atoms with Crippen molar-refractivity contribution in [1.82, 2.24) is 9.80 Å². The molecule has 1 saturated heterocycles. The number of carbonyl (C=O) groups excluding carboxylic acids is 4. The fraction of sp³-hybridized carbons (Fsp3) is 0.273. The van der Waals surface area contributed by atoms with Gasteiger partial charge >= 0.3 is 6.03 Å². The van der Waals surface area contributed by atoms with E-state index in [1.807, 2.05) is 37.3 Å². The van der Waals surface area contributed by atoms with Crippen LogP contribution in [0.1, 0.15) is 33.8 Å². The highest BCUT2D eigenvalue weighted by atomic mass is 16.2. The van der Waals surface area contributed by atoms with Crippen molar-refractivity contribution in [1.29, 1.82) is 0 Å². The SMILES string of the molecule is Cc1ccc(C(CC(=O)c2ccccc2)C2C(=O)N(C)C(=O)N(C)C2=O)cc1. The maximum Gasteiger partial charge on any atom is 0.332 e. The highest BCUT2D eigenvalue weighted by Gasteiger charge is 2.47. The predicted molar refractivity (Wildman–Crippen MR) is 104 cm³/mol. The van der Waals surface area contributed by atoms with Crippen LogP contribution in [0.2, 0.25) is 0 Å². The molecule has 2 aromatic carbocycles. The van der Waals surface area contributed by atoms with Crippen molar-refractivity contribution in [3.05, 3.63) is 71.3 Å². The van der Waals surface area contributed by atoms with Gasteiger partial charge in [0.1, 0.15) is 5.92 Å². The quantitative estimate of drug-likeness (QED) is 0.592. The number of Topliss-reactive ketones (excluding diaryl/α,β-unsaturated/α-hetero) is 1. The van der Waals surface area contributed by atoms with Crippen LogP contribution in [0.3, 0.4) is 0 Å². The van der Waals surface area contributed by atoms with Gasteiger partial charge in [0, 0.05) is 32.0 Å². The van der Waals surface area contributed by atoms with Gasteiger partial charge in [-0.2, -0.15) is 0 Å². The zero-order chi connectivity index (χ0) is 20.4. The predicted octanol–water partition coefficient (Wildman–Crippen LogP) is 3.02. The van der Waals surface area contributed by atoms with Gasteiger partial charge in [0.25, 0.3) is 0 Å². The summed E-state index contributed by atoms with van der Waals surface area (Å²) >= 11 is 0. The molecule has 1 fully saturated rings. The molecule has 3 rings (SSSR count). The van der Waals surface area contributed by atoms with E-state index in [4.69, 9.17) is 0 Å². The topological polar surface area (TPSA) is 74.8 Å². The molecule has 0 N–H and O–H groups in total. The number of nitrogens with zero attached hydrogens (tertiary/aromatic N) is 2. The van der Waals surface area contributed by atoms with Crippen molar-refractivity contribution in [3.8, 4) is 0 Å². The van der Waals surface area contributed by atoms with E-state index >= 15 is 0 Å². The highest BCUT2D eigenvalue weighted by molar-refractivity contribution is 6.16. The summed E-state index contributed by atoms with van der Waals surface area (Å²) < 4.78 is 0. The number of hydrogen-bond donors (Lipinski definition) is 0. The average molecular weight is 378 g/mol. The smallest absolute Gasteiger partial charge is 0.294 e. The Bertz CT molecular complexity index is 897. The van der Waals surface area contributed by atoms with E-state index < -0.39 is 29.7 Å². The Morgan fingerprint density at radius 1 is 0.893 bits per heavy atom. The molecule has 1 aliphatic heterocycles. The molecular weight excluding hydrogens is 356 g/mol. The number of barbiturate groups is 1. The number of urea groups is 1. The van der Waals surface area contributed by atoms with Gasteiger partial charge in [0.2, 0.25) is 11.8 Å². The van der Waals surface area contributed by atoms with Crippen molar-refractivity contribution < 1.29 is 19.2 Å². The summed E-state index contributed by atoms with van der Waals surface area (Å²) in [5, 5.41) is 0. The molecule has 0 aromatic heterocycles. The molecule has 4 amide bonds. The van der Waals surface area contributed by atoms with Crippen LogP contribution in [-0.2, 0) is 9.59 Å². The molecule has 1 atom stereocenters. The van der Waals surface area contributed by atoms with Crippen LogP contribution in [0.5, 0.6) is 0 Å². The molecule has 6 nitrogen and oxygen atoms in total. The third kappa shape index (κ3) is 3.58. The number of imide groups is 2. The largest absolute Gasteiger partial charge is 0.332 e. The lowest BCUT2D eigenvalue weighted by molar-refractivity contribution is -0.148. The van der Waals surface area contributed by atoms with E-state index in [1.165, 1.54) is 14.1 Å². The van der Waals surface area contributed by atoms with Gasteiger partial charge in [0.15, 0.2) is 5.78 Å². The monoisotopic (exact) mass is 378 g/mol. The molecular formula is C22H22N2O4. The lowest BCUT2D eigenvalue weighted by Crippen LogP contribution is -2.58. The summed E-state index contributed by atoms with van der Waals surface area (Å²) in [6.07, 6.45) is -0.00884. The van der Waals surface area contributed by atoms with Gasteiger partial charge in [-0.25, -0.2) is 4.79 Å². The number of rotatable bonds is 5. The summed E-state index contributed by atoms with van der Waals surface area (Å²) in [6.45, 7) is 1.94. The molecule has 0 radical (unpaired) electrons. The summed E-state index contributed by atoms with van der Waals surface area (Å²) in [5.74, 6) is -3.11. The molecule has 1 unspecified atom stereocenters. The van der Waals surface area contributed by atoms with Crippen LogP contribution in [-0.4, -0.2) is 47.5 Å². The van der Waals surface area contributed by atoms with Crippen molar-refractivity contribution in [2.24, 2.45) is 5.92 Å². The van der Waals surface area contributed by atoms with Gasteiger partial charge in [-0.15, -0.1) is 0 Å². The normalized spacial score (nSPS) is 16.5. The minimum absolute atomic E-state index is 0.00884. The fourth-order valence-electron chi connectivity index (χ4n) is 3.46. The summed E-state index contributed by atoms with van der Waals surface area (Å²) in [7, 11) is 2.71. The van der Waals surface area contributed by atoms with Crippen LogP contribution in [0, 0.1) is 12.8 Å². The van der Waals surface area contributed by atoms with Gasteiger partial charge in [-0.3, -0.25) is 24.2 Å². The summed E-state index contributed by atoms with van der Waals surface area (Å²) in [6, 6.07) is 15.5. The van der Waals surface area contributed by atoms with Crippen molar-refractivity contribution in [3.63, 3.8) is 0 Å². The number of aryl methyl sites for hydroxylation is 1. The van der Waals surface area contributed by atoms with E-state index in [0.717, 1.165) is 20.9 Å². The average Bonchev–Trinajstić information content (AvgIpc) is 2.71. The Hall–Kier alpha value is -3.28. The van der Waals surface area contributed by atoms with Crippen LogP contribution in [0.4, 0.5) is 4.79 Å². The molecule has 0 aliphatic carbocycles. The molecule has 144 valence electrons. The zero-order valence-corrected chi connectivity index (χ0v) is 16.1. The first-order valence-electron chi connectivity index (χ1n) is 9.05. The number of carbonyl (C=O) groups is 4. The summed E-state index contributed by atoms with van der Waals surface area (Å²) in [5.41, 5.74) is 2.27.